The monoisotopic (exact) mass is 416 g/mol. The third-order valence-electron chi connectivity index (χ3n) is 4.72. The highest BCUT2D eigenvalue weighted by Gasteiger charge is 2.18. The quantitative estimate of drug-likeness (QED) is 0.456. The zero-order chi connectivity index (χ0) is 21.3. The lowest BCUT2D eigenvalue weighted by atomic mass is 10.0. The fraction of sp³-hybridized carbons (Fsp3) is 0.130. The lowest BCUT2D eigenvalue weighted by Crippen LogP contribution is -2.11. The van der Waals surface area contributed by atoms with Crippen molar-refractivity contribution in [1.82, 2.24) is 9.97 Å². The molecule has 1 N–H and O–H groups in total. The first kappa shape index (κ1) is 19.6. The van der Waals surface area contributed by atoms with Gasteiger partial charge < -0.3 is 9.73 Å². The number of pyridine rings is 2. The van der Waals surface area contributed by atoms with Crippen LogP contribution in [0.25, 0.3) is 22.4 Å². The van der Waals surface area contributed by atoms with Gasteiger partial charge in [0.05, 0.1) is 17.1 Å². The number of benzene rings is 1. The second kappa shape index (κ2) is 7.97. The molecule has 4 aromatic rings. The van der Waals surface area contributed by atoms with E-state index in [2.05, 4.69) is 15.3 Å². The normalized spacial score (nSPS) is 11.8. The summed E-state index contributed by atoms with van der Waals surface area (Å²) in [5, 5.41) is 13.4. The van der Waals surface area contributed by atoms with Gasteiger partial charge in [-0.2, -0.15) is 5.26 Å². The maximum absolute atomic E-state index is 12.8. The van der Waals surface area contributed by atoms with Crippen LogP contribution in [0.4, 0.5) is 5.69 Å². The lowest BCUT2D eigenvalue weighted by molar-refractivity contribution is 0.607. The number of nitriles is 1. The predicted molar refractivity (Wildman–Crippen MR) is 116 cm³/mol. The van der Waals surface area contributed by atoms with Crippen molar-refractivity contribution in [2.45, 2.75) is 19.9 Å². The van der Waals surface area contributed by atoms with Gasteiger partial charge in [0.1, 0.15) is 22.5 Å². The number of halogens is 1. The van der Waals surface area contributed by atoms with Crippen LogP contribution >= 0.6 is 11.6 Å². The number of nitrogens with zero attached hydrogens (tertiary/aromatic N) is 3. The van der Waals surface area contributed by atoms with Crippen LogP contribution in [0.15, 0.2) is 63.9 Å². The molecule has 7 heteroatoms. The Hall–Kier alpha value is -3.69. The summed E-state index contributed by atoms with van der Waals surface area (Å²) in [5.74, 6) is 0.399. The molecule has 0 spiro atoms. The molecule has 0 aliphatic heterocycles. The molecule has 0 fully saturated rings. The van der Waals surface area contributed by atoms with E-state index in [0.29, 0.717) is 28.1 Å². The van der Waals surface area contributed by atoms with Gasteiger partial charge in [0.25, 0.3) is 0 Å². The maximum Gasteiger partial charge on any atom is 0.193 e. The second-order valence-electron chi connectivity index (χ2n) is 6.93. The Bertz CT molecular complexity index is 1340. The molecular formula is C23H17ClN4O2. The first-order chi connectivity index (χ1) is 14.5. The molecule has 1 unspecified atom stereocenters. The minimum absolute atomic E-state index is 0.139. The summed E-state index contributed by atoms with van der Waals surface area (Å²) in [4.78, 5) is 21.1. The molecule has 0 bridgehead atoms. The van der Waals surface area contributed by atoms with Crippen LogP contribution in [0, 0.1) is 18.3 Å². The number of anilines is 1. The van der Waals surface area contributed by atoms with Crippen molar-refractivity contribution < 1.29 is 4.42 Å². The summed E-state index contributed by atoms with van der Waals surface area (Å²) in [5.41, 5.74) is 3.39. The highest BCUT2D eigenvalue weighted by atomic mass is 35.5. The van der Waals surface area contributed by atoms with Gasteiger partial charge in [-0.05, 0) is 49.7 Å². The topological polar surface area (TPSA) is 91.8 Å². The molecular weight excluding hydrogens is 400 g/mol. The van der Waals surface area contributed by atoms with Gasteiger partial charge in [-0.1, -0.05) is 23.7 Å². The minimum Gasteiger partial charge on any atom is -0.454 e. The number of aromatic nitrogens is 2. The van der Waals surface area contributed by atoms with Crippen molar-refractivity contribution in [3.63, 3.8) is 0 Å². The summed E-state index contributed by atoms with van der Waals surface area (Å²) < 4.78 is 6.15. The van der Waals surface area contributed by atoms with Crippen molar-refractivity contribution in [1.29, 1.82) is 5.26 Å². The van der Waals surface area contributed by atoms with E-state index in [1.54, 1.807) is 30.5 Å². The van der Waals surface area contributed by atoms with E-state index in [9.17, 15) is 10.1 Å². The highest BCUT2D eigenvalue weighted by Crippen LogP contribution is 2.30. The Labute approximate surface area is 177 Å². The van der Waals surface area contributed by atoms with Crippen molar-refractivity contribution in [3.05, 3.63) is 86.9 Å². The third-order valence-corrected chi connectivity index (χ3v) is 4.94. The molecule has 0 saturated carbocycles. The van der Waals surface area contributed by atoms with E-state index in [1.165, 1.54) is 6.07 Å². The molecule has 0 aliphatic rings. The molecule has 3 heterocycles. The Morgan fingerprint density at radius 3 is 2.77 bits per heavy atom. The number of rotatable bonds is 4. The second-order valence-corrected chi connectivity index (χ2v) is 7.32. The van der Waals surface area contributed by atoms with E-state index in [-0.39, 0.29) is 22.3 Å². The summed E-state index contributed by atoms with van der Waals surface area (Å²) in [6.45, 7) is 3.85. The van der Waals surface area contributed by atoms with Crippen LogP contribution < -0.4 is 10.7 Å². The van der Waals surface area contributed by atoms with Gasteiger partial charge >= 0.3 is 0 Å². The van der Waals surface area contributed by atoms with Gasteiger partial charge in [0.2, 0.25) is 0 Å². The molecule has 0 aliphatic carbocycles. The molecule has 0 amide bonds. The number of hydrogen-bond acceptors (Lipinski definition) is 6. The minimum atomic E-state index is -0.274. The third kappa shape index (κ3) is 3.76. The predicted octanol–water partition coefficient (Wildman–Crippen LogP) is 5.26. The number of aryl methyl sites for hydroxylation is 1. The molecule has 1 atom stereocenters. The Morgan fingerprint density at radius 2 is 2.03 bits per heavy atom. The number of nitrogens with one attached hydrogen (secondary N) is 1. The van der Waals surface area contributed by atoms with Crippen molar-refractivity contribution in [2.24, 2.45) is 0 Å². The van der Waals surface area contributed by atoms with Crippen LogP contribution in [0.1, 0.15) is 29.8 Å². The fourth-order valence-corrected chi connectivity index (χ4v) is 3.49. The zero-order valence-corrected chi connectivity index (χ0v) is 17.1. The van der Waals surface area contributed by atoms with E-state index < -0.39 is 0 Å². The van der Waals surface area contributed by atoms with Gasteiger partial charge in [0.15, 0.2) is 16.9 Å². The Morgan fingerprint density at radius 1 is 1.20 bits per heavy atom. The molecule has 4 rings (SSSR count). The highest BCUT2D eigenvalue weighted by molar-refractivity contribution is 6.29. The SMILES string of the molecule is Cc1cc(C(C)Nc2ccc(Cl)nc2C#N)c2oc(-c3ccccn3)cc(=O)c2c1. The first-order valence-electron chi connectivity index (χ1n) is 9.29. The number of hydrogen-bond donors (Lipinski definition) is 1. The fourth-order valence-electron chi connectivity index (χ4n) is 3.34. The largest absolute Gasteiger partial charge is 0.454 e. The summed E-state index contributed by atoms with van der Waals surface area (Å²) in [7, 11) is 0. The van der Waals surface area contributed by atoms with E-state index in [1.807, 2.05) is 38.1 Å². The molecule has 3 aromatic heterocycles. The average Bonchev–Trinajstić information content (AvgIpc) is 2.75. The molecule has 1 aromatic carbocycles. The summed E-state index contributed by atoms with van der Waals surface area (Å²) >= 11 is 5.90. The van der Waals surface area contributed by atoms with Crippen LogP contribution in [0.2, 0.25) is 5.15 Å². The molecule has 30 heavy (non-hydrogen) atoms. The zero-order valence-electron chi connectivity index (χ0n) is 16.3. The van der Waals surface area contributed by atoms with Gasteiger partial charge in [0, 0.05) is 17.8 Å². The van der Waals surface area contributed by atoms with Gasteiger partial charge in [-0.3, -0.25) is 9.78 Å². The van der Waals surface area contributed by atoms with Crippen molar-refractivity contribution in [3.8, 4) is 17.5 Å². The summed E-state index contributed by atoms with van der Waals surface area (Å²) in [6, 6.07) is 15.7. The molecule has 0 saturated heterocycles. The standard InChI is InChI=1S/C23H17ClN4O2/c1-13-9-15(14(2)27-17-6-7-22(24)28-19(17)12-25)23-16(10-13)20(29)11-21(30-23)18-5-3-4-8-26-18/h3-11,14,27H,1-2H3. The Balaban J connectivity index is 1.85. The van der Waals surface area contributed by atoms with E-state index in [4.69, 9.17) is 16.0 Å². The lowest BCUT2D eigenvalue weighted by Gasteiger charge is -2.18. The van der Waals surface area contributed by atoms with Gasteiger partial charge in [-0.25, -0.2) is 4.98 Å². The molecule has 148 valence electrons. The maximum atomic E-state index is 12.8. The average molecular weight is 417 g/mol. The van der Waals surface area contributed by atoms with Crippen LogP contribution in [-0.2, 0) is 0 Å². The van der Waals surface area contributed by atoms with Crippen molar-refractivity contribution in [2.75, 3.05) is 5.32 Å². The van der Waals surface area contributed by atoms with Gasteiger partial charge in [-0.15, -0.1) is 0 Å². The first-order valence-corrected chi connectivity index (χ1v) is 9.67. The van der Waals surface area contributed by atoms with E-state index >= 15 is 0 Å². The Kier molecular flexibility index (Phi) is 5.21. The van der Waals surface area contributed by atoms with Crippen LogP contribution in [-0.4, -0.2) is 9.97 Å². The number of fused-ring (bicyclic) bond motifs is 1. The van der Waals surface area contributed by atoms with Crippen LogP contribution in [0.5, 0.6) is 0 Å². The van der Waals surface area contributed by atoms with Crippen LogP contribution in [0.3, 0.4) is 0 Å². The summed E-state index contributed by atoms with van der Waals surface area (Å²) in [6.07, 6.45) is 1.65. The molecule has 6 nitrogen and oxygen atoms in total. The molecule has 0 radical (unpaired) electrons. The van der Waals surface area contributed by atoms with E-state index in [0.717, 1.165) is 11.1 Å². The van der Waals surface area contributed by atoms with Crippen molar-refractivity contribution >= 4 is 28.3 Å². The smallest absolute Gasteiger partial charge is 0.193 e.